The average Bonchev–Trinajstić information content (AvgIpc) is 2.58. The first-order valence-electron chi connectivity index (χ1n) is 7.89. The topological polar surface area (TPSA) is 71.1 Å². The van der Waals surface area contributed by atoms with E-state index in [0.29, 0.717) is 29.9 Å². The molecule has 0 aromatic heterocycles. The van der Waals surface area contributed by atoms with E-state index in [1.54, 1.807) is 12.1 Å². The molecule has 6 nitrogen and oxygen atoms in total. The predicted octanol–water partition coefficient (Wildman–Crippen LogP) is 3.01. The fourth-order valence-electron chi connectivity index (χ4n) is 2.53. The lowest BCUT2D eigenvalue weighted by Gasteiger charge is -2.19. The van der Waals surface area contributed by atoms with Crippen molar-refractivity contribution >= 4 is 11.8 Å². The van der Waals surface area contributed by atoms with Crippen LogP contribution in [0, 0.1) is 5.92 Å². The number of esters is 1. The zero-order valence-corrected chi connectivity index (χ0v) is 15.0. The van der Waals surface area contributed by atoms with Gasteiger partial charge < -0.3 is 18.9 Å². The van der Waals surface area contributed by atoms with Crippen LogP contribution < -0.4 is 9.47 Å². The van der Waals surface area contributed by atoms with E-state index in [9.17, 15) is 9.59 Å². The summed E-state index contributed by atoms with van der Waals surface area (Å²) in [7, 11) is 4.40. The first-order valence-corrected chi connectivity index (χ1v) is 7.89. The molecule has 1 atom stereocenters. The summed E-state index contributed by atoms with van der Waals surface area (Å²) in [5, 5.41) is 0. The van der Waals surface area contributed by atoms with Crippen LogP contribution in [0.4, 0.5) is 0 Å². The SMILES string of the molecule is CCCC(Cc1cc(C(C)=O)cc(OC)c1OCOC)C(=O)OC. The van der Waals surface area contributed by atoms with Crippen LogP contribution in [0.2, 0.25) is 0 Å². The van der Waals surface area contributed by atoms with E-state index in [4.69, 9.17) is 18.9 Å². The number of ether oxygens (including phenoxy) is 4. The molecule has 6 heteroatoms. The van der Waals surface area contributed by atoms with E-state index in [-0.39, 0.29) is 24.5 Å². The van der Waals surface area contributed by atoms with Gasteiger partial charge in [-0.05, 0) is 37.5 Å². The second-order valence-electron chi connectivity index (χ2n) is 5.49. The van der Waals surface area contributed by atoms with E-state index < -0.39 is 0 Å². The highest BCUT2D eigenvalue weighted by molar-refractivity contribution is 5.95. The van der Waals surface area contributed by atoms with Gasteiger partial charge >= 0.3 is 5.97 Å². The number of rotatable bonds is 10. The molecule has 0 amide bonds. The van der Waals surface area contributed by atoms with Gasteiger partial charge in [0.25, 0.3) is 0 Å². The van der Waals surface area contributed by atoms with Gasteiger partial charge in [-0.25, -0.2) is 0 Å². The molecule has 1 rings (SSSR count). The minimum atomic E-state index is -0.309. The Balaban J connectivity index is 3.30. The molecule has 0 aliphatic rings. The maximum Gasteiger partial charge on any atom is 0.308 e. The van der Waals surface area contributed by atoms with Crippen LogP contribution in [-0.4, -0.2) is 39.9 Å². The Labute approximate surface area is 143 Å². The zero-order valence-electron chi connectivity index (χ0n) is 15.0. The Morgan fingerprint density at radius 2 is 1.88 bits per heavy atom. The lowest BCUT2D eigenvalue weighted by atomic mass is 9.92. The smallest absolute Gasteiger partial charge is 0.308 e. The molecule has 0 saturated heterocycles. The van der Waals surface area contributed by atoms with Crippen LogP contribution in [0.5, 0.6) is 11.5 Å². The number of methoxy groups -OCH3 is 3. The van der Waals surface area contributed by atoms with E-state index in [1.165, 1.54) is 28.3 Å². The fourth-order valence-corrected chi connectivity index (χ4v) is 2.53. The maximum absolute atomic E-state index is 12.0. The number of Topliss-reactive ketones (excluding diaryl/α,β-unsaturated/α-hetero) is 1. The minimum absolute atomic E-state index is 0.0411. The first kappa shape index (κ1) is 20.0. The Morgan fingerprint density at radius 3 is 2.38 bits per heavy atom. The van der Waals surface area contributed by atoms with Crippen LogP contribution >= 0.6 is 0 Å². The number of carbonyl (C=O) groups is 2. The molecule has 0 N–H and O–H groups in total. The van der Waals surface area contributed by atoms with Crippen LogP contribution in [0.15, 0.2) is 12.1 Å². The molecule has 24 heavy (non-hydrogen) atoms. The van der Waals surface area contributed by atoms with E-state index in [1.807, 2.05) is 6.92 Å². The van der Waals surface area contributed by atoms with Gasteiger partial charge in [0.15, 0.2) is 24.1 Å². The predicted molar refractivity (Wildman–Crippen MR) is 89.6 cm³/mol. The summed E-state index contributed by atoms with van der Waals surface area (Å²) in [6, 6.07) is 3.37. The van der Waals surface area contributed by atoms with Gasteiger partial charge in [-0.2, -0.15) is 0 Å². The molecule has 134 valence electrons. The van der Waals surface area contributed by atoms with Crippen molar-refractivity contribution in [3.63, 3.8) is 0 Å². The Bertz CT molecular complexity index is 567. The van der Waals surface area contributed by atoms with Gasteiger partial charge in [0.1, 0.15) is 0 Å². The third-order valence-corrected chi connectivity index (χ3v) is 3.72. The number of benzene rings is 1. The lowest BCUT2D eigenvalue weighted by Crippen LogP contribution is -2.19. The summed E-state index contributed by atoms with van der Waals surface area (Å²) >= 11 is 0. The van der Waals surface area contributed by atoms with Gasteiger partial charge in [-0.15, -0.1) is 0 Å². The Morgan fingerprint density at radius 1 is 1.17 bits per heavy atom. The number of carbonyl (C=O) groups excluding carboxylic acids is 2. The monoisotopic (exact) mass is 338 g/mol. The zero-order chi connectivity index (χ0) is 18.1. The fraction of sp³-hybridized carbons (Fsp3) is 0.556. The van der Waals surface area contributed by atoms with Gasteiger partial charge in [-0.1, -0.05) is 13.3 Å². The van der Waals surface area contributed by atoms with E-state index in [0.717, 1.165) is 12.0 Å². The molecular formula is C18H26O6. The molecule has 1 aromatic rings. The molecule has 0 saturated carbocycles. The maximum atomic E-state index is 12.0. The Hall–Kier alpha value is -2.08. The van der Waals surface area contributed by atoms with Crippen molar-refractivity contribution in [3.8, 4) is 11.5 Å². The molecule has 0 aliphatic heterocycles. The van der Waals surface area contributed by atoms with Crippen LogP contribution in [-0.2, 0) is 20.7 Å². The quantitative estimate of drug-likeness (QED) is 0.371. The molecule has 0 bridgehead atoms. The van der Waals surface area contributed by atoms with Gasteiger partial charge in [-0.3, -0.25) is 9.59 Å². The Kier molecular flexibility index (Phi) is 8.26. The highest BCUT2D eigenvalue weighted by Gasteiger charge is 2.23. The third kappa shape index (κ3) is 5.23. The van der Waals surface area contributed by atoms with Crippen molar-refractivity contribution in [1.29, 1.82) is 0 Å². The molecular weight excluding hydrogens is 312 g/mol. The van der Waals surface area contributed by atoms with E-state index >= 15 is 0 Å². The van der Waals surface area contributed by atoms with E-state index in [2.05, 4.69) is 0 Å². The van der Waals surface area contributed by atoms with Crippen molar-refractivity contribution in [2.24, 2.45) is 5.92 Å². The van der Waals surface area contributed by atoms with Crippen LogP contribution in [0.1, 0.15) is 42.6 Å². The molecule has 0 spiro atoms. The minimum Gasteiger partial charge on any atom is -0.493 e. The van der Waals surface area contributed by atoms with Crippen molar-refractivity contribution < 1.29 is 28.5 Å². The van der Waals surface area contributed by atoms with Crippen molar-refractivity contribution in [3.05, 3.63) is 23.3 Å². The van der Waals surface area contributed by atoms with Gasteiger partial charge in [0, 0.05) is 12.7 Å². The molecule has 0 heterocycles. The van der Waals surface area contributed by atoms with Gasteiger partial charge in [0.2, 0.25) is 0 Å². The number of hydrogen-bond acceptors (Lipinski definition) is 6. The lowest BCUT2D eigenvalue weighted by molar-refractivity contribution is -0.145. The molecule has 1 aromatic carbocycles. The largest absolute Gasteiger partial charge is 0.493 e. The molecule has 0 aliphatic carbocycles. The van der Waals surface area contributed by atoms with Crippen LogP contribution in [0.3, 0.4) is 0 Å². The second kappa shape index (κ2) is 9.93. The average molecular weight is 338 g/mol. The van der Waals surface area contributed by atoms with Crippen molar-refractivity contribution in [1.82, 2.24) is 0 Å². The second-order valence-corrected chi connectivity index (χ2v) is 5.49. The molecule has 1 unspecified atom stereocenters. The summed E-state index contributed by atoms with van der Waals surface area (Å²) in [5.41, 5.74) is 1.23. The van der Waals surface area contributed by atoms with Crippen molar-refractivity contribution in [2.75, 3.05) is 28.1 Å². The highest BCUT2D eigenvalue weighted by atomic mass is 16.7. The summed E-state index contributed by atoms with van der Waals surface area (Å²) in [5.74, 6) is 0.251. The highest BCUT2D eigenvalue weighted by Crippen LogP contribution is 2.35. The number of hydrogen-bond donors (Lipinski definition) is 0. The first-order chi connectivity index (χ1) is 11.5. The summed E-state index contributed by atoms with van der Waals surface area (Å²) < 4.78 is 20.8. The summed E-state index contributed by atoms with van der Waals surface area (Å²) in [4.78, 5) is 23.8. The third-order valence-electron chi connectivity index (χ3n) is 3.72. The molecule has 0 radical (unpaired) electrons. The van der Waals surface area contributed by atoms with Crippen molar-refractivity contribution in [2.45, 2.75) is 33.1 Å². The summed E-state index contributed by atoms with van der Waals surface area (Å²) in [6.07, 6.45) is 1.93. The standard InChI is InChI=1S/C18H26O6/c1-6-7-13(18(20)23-5)8-15-9-14(12(2)19)10-16(22-4)17(15)24-11-21-3/h9-10,13H,6-8,11H2,1-5H3. The van der Waals surface area contributed by atoms with Crippen LogP contribution in [0.25, 0.3) is 0 Å². The molecule has 0 fully saturated rings. The van der Waals surface area contributed by atoms with Gasteiger partial charge in [0.05, 0.1) is 20.1 Å². The normalized spacial score (nSPS) is 11.7. The summed E-state index contributed by atoms with van der Waals surface area (Å²) in [6.45, 7) is 3.53. The number of ketones is 1.